The molecule has 1 N–H and O–H groups in total. The van der Waals surface area contributed by atoms with Crippen molar-refractivity contribution < 1.29 is 31.1 Å². The number of hydrogen-bond acceptors (Lipinski definition) is 2. The summed E-state index contributed by atoms with van der Waals surface area (Å²) in [7, 11) is 1.51. The molecular weight excluding hydrogens is 424 g/mol. The number of nitrogens with zero attached hydrogens (tertiary/aromatic N) is 2. The van der Waals surface area contributed by atoms with Crippen LogP contribution in [0.3, 0.4) is 0 Å². The number of carbonyl (C=O) groups excluding carboxylic acids is 1. The van der Waals surface area contributed by atoms with Crippen LogP contribution in [-0.4, -0.2) is 21.9 Å². The topological polar surface area (TPSA) is 46.9 Å². The van der Waals surface area contributed by atoms with Gasteiger partial charge in [-0.25, -0.2) is 13.2 Å². The Kier molecular flexibility index (Phi) is 5.29. The molecule has 31 heavy (non-hydrogen) atoms. The van der Waals surface area contributed by atoms with E-state index in [-0.39, 0.29) is 36.6 Å². The molecule has 4 nitrogen and oxygen atoms in total. The average molecular weight is 445 g/mol. The molecule has 0 unspecified atom stereocenters. The van der Waals surface area contributed by atoms with Crippen LogP contribution in [0.4, 0.5) is 32.2 Å². The zero-order valence-electron chi connectivity index (χ0n) is 16.8. The Bertz CT molecular complexity index is 1020. The Balaban J connectivity index is 1.62. The van der Waals surface area contributed by atoms with E-state index in [1.165, 1.54) is 11.7 Å². The van der Waals surface area contributed by atoms with Gasteiger partial charge in [-0.2, -0.15) is 18.3 Å². The number of anilines is 1. The fourth-order valence-corrected chi connectivity index (χ4v) is 4.11. The fraction of sp³-hybridized carbons (Fsp3) is 0.524. The summed E-state index contributed by atoms with van der Waals surface area (Å²) in [6.45, 7) is 0. The van der Waals surface area contributed by atoms with Gasteiger partial charge in [0.15, 0.2) is 11.6 Å². The van der Waals surface area contributed by atoms with E-state index in [1.54, 1.807) is 0 Å². The fourth-order valence-electron chi connectivity index (χ4n) is 4.11. The van der Waals surface area contributed by atoms with E-state index in [4.69, 9.17) is 0 Å². The van der Waals surface area contributed by atoms with Crippen molar-refractivity contribution in [1.29, 1.82) is 0 Å². The summed E-state index contributed by atoms with van der Waals surface area (Å²) in [4.78, 5) is 12.4. The Morgan fingerprint density at radius 3 is 2.45 bits per heavy atom. The zero-order valence-corrected chi connectivity index (χ0v) is 16.8. The molecular formula is C21H21F6N3O. The van der Waals surface area contributed by atoms with Gasteiger partial charge in [0, 0.05) is 31.5 Å². The van der Waals surface area contributed by atoms with E-state index >= 15 is 0 Å². The molecule has 2 aromatic rings. The van der Waals surface area contributed by atoms with E-state index in [0.717, 1.165) is 25.3 Å². The third-order valence-electron chi connectivity index (χ3n) is 6.31. The molecule has 0 atom stereocenters. The number of hydrogen-bond donors (Lipinski definition) is 1. The van der Waals surface area contributed by atoms with E-state index in [2.05, 4.69) is 10.4 Å². The predicted molar refractivity (Wildman–Crippen MR) is 99.9 cm³/mol. The van der Waals surface area contributed by atoms with Crippen molar-refractivity contribution in [3.63, 3.8) is 0 Å². The molecule has 0 bridgehead atoms. The number of carbonyl (C=O) groups is 1. The van der Waals surface area contributed by atoms with Gasteiger partial charge in [0.1, 0.15) is 11.6 Å². The quantitative estimate of drug-likeness (QED) is 0.480. The van der Waals surface area contributed by atoms with E-state index in [1.807, 2.05) is 0 Å². The molecule has 0 radical (unpaired) electrons. The highest BCUT2D eigenvalue weighted by molar-refractivity contribution is 5.91. The first-order chi connectivity index (χ1) is 14.5. The molecule has 2 aliphatic rings. The van der Waals surface area contributed by atoms with E-state index in [0.29, 0.717) is 17.3 Å². The molecule has 1 heterocycles. The van der Waals surface area contributed by atoms with Gasteiger partial charge in [0.25, 0.3) is 0 Å². The molecule has 4 rings (SSSR count). The molecule has 10 heteroatoms. The summed E-state index contributed by atoms with van der Waals surface area (Å²) >= 11 is 0. The number of nitrogens with one attached hydrogen (secondary N) is 1. The van der Waals surface area contributed by atoms with Gasteiger partial charge in [-0.15, -0.1) is 0 Å². The monoisotopic (exact) mass is 445 g/mol. The highest BCUT2D eigenvalue weighted by atomic mass is 19.4. The van der Waals surface area contributed by atoms with Gasteiger partial charge < -0.3 is 5.32 Å². The molecule has 168 valence electrons. The van der Waals surface area contributed by atoms with E-state index in [9.17, 15) is 31.1 Å². The maximum atomic E-state index is 14.2. The number of aryl methyl sites for hydroxylation is 1. The molecule has 2 fully saturated rings. The van der Waals surface area contributed by atoms with Crippen molar-refractivity contribution in [3.8, 4) is 0 Å². The maximum Gasteiger partial charge on any atom is 0.395 e. The minimum atomic E-state index is -4.45. The van der Waals surface area contributed by atoms with Gasteiger partial charge >= 0.3 is 6.18 Å². The highest BCUT2D eigenvalue weighted by Gasteiger charge is 2.63. The Morgan fingerprint density at radius 2 is 1.90 bits per heavy atom. The smallest absolute Gasteiger partial charge is 0.311 e. The lowest BCUT2D eigenvalue weighted by molar-refractivity contribution is -0.189. The normalized spacial score (nSPS) is 18.0. The first-order valence-electron chi connectivity index (χ1n) is 10.1. The lowest BCUT2D eigenvalue weighted by Crippen LogP contribution is -2.30. The van der Waals surface area contributed by atoms with Crippen molar-refractivity contribution in [2.75, 3.05) is 5.32 Å². The lowest BCUT2D eigenvalue weighted by atomic mass is 9.79. The minimum absolute atomic E-state index is 0.0158. The number of alkyl halides is 3. The molecule has 0 aliphatic heterocycles. The molecule has 1 amide bonds. The summed E-state index contributed by atoms with van der Waals surface area (Å²) in [6, 6.07) is 1.33. The zero-order chi connectivity index (χ0) is 22.6. The van der Waals surface area contributed by atoms with E-state index < -0.39 is 41.4 Å². The first kappa shape index (κ1) is 21.7. The second-order valence-corrected chi connectivity index (χ2v) is 8.50. The van der Waals surface area contributed by atoms with Crippen LogP contribution in [-0.2, 0) is 18.3 Å². The molecule has 2 aliphatic carbocycles. The van der Waals surface area contributed by atoms with Crippen molar-refractivity contribution >= 4 is 11.7 Å². The first-order valence-corrected chi connectivity index (χ1v) is 10.1. The Labute approximate surface area is 174 Å². The van der Waals surface area contributed by atoms with Gasteiger partial charge in [-0.05, 0) is 43.2 Å². The number of benzene rings is 1. The van der Waals surface area contributed by atoms with Crippen LogP contribution in [0.25, 0.3) is 0 Å². The highest BCUT2D eigenvalue weighted by Crippen LogP contribution is 2.60. The molecule has 1 aromatic carbocycles. The molecule has 0 saturated heterocycles. The van der Waals surface area contributed by atoms with Crippen LogP contribution in [0.5, 0.6) is 0 Å². The van der Waals surface area contributed by atoms with Gasteiger partial charge in [-0.1, -0.05) is 6.42 Å². The van der Waals surface area contributed by atoms with Gasteiger partial charge in [-0.3, -0.25) is 9.48 Å². The molecule has 2 saturated carbocycles. The second-order valence-electron chi connectivity index (χ2n) is 8.50. The van der Waals surface area contributed by atoms with Crippen LogP contribution in [0.15, 0.2) is 12.1 Å². The summed E-state index contributed by atoms with van der Waals surface area (Å²) in [5, 5.41) is 6.85. The standard InChI is InChI=1S/C21H21F6N3O/c1-30-19(28-16(31)10-20(5-6-20)21(25,26)27)17(11-3-2-4-11)15(29-30)8-12-7-13(22)9-14(23)18(12)24/h7,9,11H,2-6,8,10H2,1H3,(H,28,31). The summed E-state index contributed by atoms with van der Waals surface area (Å²) in [6.07, 6.45) is -3.03. The summed E-state index contributed by atoms with van der Waals surface area (Å²) < 4.78 is 82.3. The number of rotatable bonds is 6. The lowest BCUT2D eigenvalue weighted by Gasteiger charge is -2.27. The SMILES string of the molecule is Cn1nc(Cc2cc(F)cc(F)c2F)c(C2CCC2)c1NC(=O)CC1(C(F)(F)F)CC1. The van der Waals surface area contributed by atoms with Gasteiger partial charge in [0.05, 0.1) is 11.1 Å². The Morgan fingerprint density at radius 1 is 1.23 bits per heavy atom. The van der Waals surface area contributed by atoms with Crippen LogP contribution in [0.2, 0.25) is 0 Å². The van der Waals surface area contributed by atoms with Crippen molar-refractivity contribution in [1.82, 2.24) is 9.78 Å². The third kappa shape index (κ3) is 4.04. The second kappa shape index (κ2) is 7.56. The summed E-state index contributed by atoms with van der Waals surface area (Å²) in [5.41, 5.74) is -1.27. The molecule has 1 aromatic heterocycles. The van der Waals surface area contributed by atoms with Gasteiger partial charge in [0.2, 0.25) is 5.91 Å². The van der Waals surface area contributed by atoms with Crippen LogP contribution >= 0.6 is 0 Å². The minimum Gasteiger partial charge on any atom is -0.311 e. The van der Waals surface area contributed by atoms with Crippen molar-refractivity contribution in [2.45, 2.75) is 57.0 Å². The van der Waals surface area contributed by atoms with Crippen molar-refractivity contribution in [3.05, 3.63) is 46.4 Å². The average Bonchev–Trinajstić information content (AvgIpc) is 3.34. The van der Waals surface area contributed by atoms with Crippen molar-refractivity contribution in [2.24, 2.45) is 12.5 Å². The van der Waals surface area contributed by atoms with Crippen LogP contribution in [0.1, 0.15) is 61.3 Å². The summed E-state index contributed by atoms with van der Waals surface area (Å²) in [5.74, 6) is -3.96. The van der Waals surface area contributed by atoms with Crippen LogP contribution < -0.4 is 5.32 Å². The predicted octanol–water partition coefficient (Wildman–Crippen LogP) is 5.37. The largest absolute Gasteiger partial charge is 0.395 e. The van der Waals surface area contributed by atoms with Crippen LogP contribution in [0, 0.1) is 22.9 Å². The third-order valence-corrected chi connectivity index (χ3v) is 6.31. The number of aromatic nitrogens is 2. The maximum absolute atomic E-state index is 14.2. The number of amides is 1. The number of halogens is 6. The Hall–Kier alpha value is -2.52. The molecule has 0 spiro atoms.